The normalized spacial score (nSPS) is 17.1. The molecule has 0 aromatic heterocycles. The van der Waals surface area contributed by atoms with E-state index >= 15 is 0 Å². The Morgan fingerprint density at radius 1 is 1.12 bits per heavy atom. The molecule has 0 radical (unpaired) electrons. The van der Waals surface area contributed by atoms with E-state index in [-0.39, 0.29) is 0 Å². The Morgan fingerprint density at radius 3 is 2.18 bits per heavy atom. The first-order valence-corrected chi connectivity index (χ1v) is 7.65. The van der Waals surface area contributed by atoms with Crippen LogP contribution in [0.15, 0.2) is 21.1 Å². The summed E-state index contributed by atoms with van der Waals surface area (Å²) in [5.74, 6) is 0. The molecular weight excluding hydrogens is 344 g/mol. The maximum atomic E-state index is 5.83. The lowest BCUT2D eigenvalue weighted by atomic mass is 9.94. The first-order chi connectivity index (χ1) is 8.09. The molecule has 1 aliphatic carbocycles. The highest BCUT2D eigenvalue weighted by Gasteiger charge is 2.21. The fourth-order valence-corrected chi connectivity index (χ4v) is 4.35. The molecule has 2 rings (SSSR count). The molecule has 0 bridgehead atoms. The molecule has 1 fully saturated rings. The van der Waals surface area contributed by atoms with Crippen LogP contribution in [0.3, 0.4) is 0 Å². The fraction of sp³-hybridized carbons (Fsp3) is 0.538. The highest BCUT2D eigenvalue weighted by molar-refractivity contribution is 9.11. The predicted octanol–water partition coefficient (Wildman–Crippen LogP) is 4.56. The molecule has 0 amide bonds. The molecule has 1 aliphatic rings. The van der Waals surface area contributed by atoms with Crippen LogP contribution in [0.4, 0.5) is 11.4 Å². The summed E-state index contributed by atoms with van der Waals surface area (Å²) >= 11 is 7.23. The van der Waals surface area contributed by atoms with Gasteiger partial charge >= 0.3 is 0 Å². The van der Waals surface area contributed by atoms with E-state index in [2.05, 4.69) is 43.8 Å². The first-order valence-electron chi connectivity index (χ1n) is 6.07. The number of nitrogens with two attached hydrogens (primary N) is 1. The third kappa shape index (κ3) is 2.97. The van der Waals surface area contributed by atoms with Crippen LogP contribution in [0.25, 0.3) is 0 Å². The second kappa shape index (κ2) is 5.61. The molecular formula is C13H18Br2N2. The quantitative estimate of drug-likeness (QED) is 0.782. The molecule has 0 spiro atoms. The minimum Gasteiger partial charge on any atom is -0.399 e. The van der Waals surface area contributed by atoms with E-state index in [1.54, 1.807) is 0 Å². The lowest BCUT2D eigenvalue weighted by molar-refractivity contribution is 0.427. The minimum absolute atomic E-state index is 0.653. The van der Waals surface area contributed by atoms with Crippen LogP contribution in [0.1, 0.15) is 32.1 Å². The highest BCUT2D eigenvalue weighted by atomic mass is 79.9. The summed E-state index contributed by atoms with van der Waals surface area (Å²) in [5.41, 5.74) is 7.82. The number of nitrogen functional groups attached to an aromatic ring is 1. The van der Waals surface area contributed by atoms with Crippen molar-refractivity contribution >= 4 is 43.2 Å². The topological polar surface area (TPSA) is 29.3 Å². The third-order valence-electron chi connectivity index (χ3n) is 3.51. The summed E-state index contributed by atoms with van der Waals surface area (Å²) in [6.07, 6.45) is 6.66. The van der Waals surface area contributed by atoms with Gasteiger partial charge in [-0.2, -0.15) is 0 Å². The zero-order valence-corrected chi connectivity index (χ0v) is 13.2. The number of halogens is 2. The zero-order valence-electron chi connectivity index (χ0n) is 10.0. The molecule has 2 N–H and O–H groups in total. The van der Waals surface area contributed by atoms with E-state index in [9.17, 15) is 0 Å². The van der Waals surface area contributed by atoms with Crippen LogP contribution in [-0.4, -0.2) is 13.1 Å². The molecule has 4 heteroatoms. The number of hydrogen-bond donors (Lipinski definition) is 1. The summed E-state index contributed by atoms with van der Waals surface area (Å²) in [6.45, 7) is 0. The second-order valence-electron chi connectivity index (χ2n) is 4.74. The zero-order chi connectivity index (χ0) is 12.4. The van der Waals surface area contributed by atoms with E-state index in [1.807, 2.05) is 12.1 Å². The standard InChI is InChI=1S/C13H18Br2N2/c1-17(10-5-3-2-4-6-10)13-11(14)7-9(16)8-12(13)15/h7-8,10H,2-6,16H2,1H3. The predicted molar refractivity (Wildman–Crippen MR) is 81.5 cm³/mol. The average molecular weight is 362 g/mol. The van der Waals surface area contributed by atoms with Gasteiger partial charge in [0.25, 0.3) is 0 Å². The van der Waals surface area contributed by atoms with Gasteiger partial charge in [0.05, 0.1) is 5.69 Å². The fourth-order valence-electron chi connectivity index (χ4n) is 2.57. The number of hydrogen-bond acceptors (Lipinski definition) is 2. The van der Waals surface area contributed by atoms with E-state index in [0.29, 0.717) is 6.04 Å². The smallest absolute Gasteiger partial charge is 0.0656 e. The van der Waals surface area contributed by atoms with Crippen molar-refractivity contribution in [1.29, 1.82) is 0 Å². The van der Waals surface area contributed by atoms with E-state index < -0.39 is 0 Å². The van der Waals surface area contributed by atoms with Crippen molar-refractivity contribution in [3.8, 4) is 0 Å². The number of nitrogens with zero attached hydrogens (tertiary/aromatic N) is 1. The molecule has 1 aromatic carbocycles. The largest absolute Gasteiger partial charge is 0.399 e. The molecule has 1 aromatic rings. The van der Waals surface area contributed by atoms with Gasteiger partial charge in [-0.25, -0.2) is 0 Å². The monoisotopic (exact) mass is 360 g/mol. The van der Waals surface area contributed by atoms with Crippen LogP contribution < -0.4 is 10.6 Å². The SMILES string of the molecule is CN(c1c(Br)cc(N)cc1Br)C1CCCCC1. The Balaban J connectivity index is 2.26. The summed E-state index contributed by atoms with van der Waals surface area (Å²) < 4.78 is 2.13. The average Bonchev–Trinajstić information content (AvgIpc) is 2.28. The van der Waals surface area contributed by atoms with Crippen molar-refractivity contribution in [2.24, 2.45) is 0 Å². The highest BCUT2D eigenvalue weighted by Crippen LogP contribution is 2.38. The summed E-state index contributed by atoms with van der Waals surface area (Å²) in [6, 6.07) is 4.60. The van der Waals surface area contributed by atoms with Gasteiger partial charge in [-0.15, -0.1) is 0 Å². The Kier molecular flexibility index (Phi) is 4.36. The van der Waals surface area contributed by atoms with E-state index in [1.165, 1.54) is 37.8 Å². The van der Waals surface area contributed by atoms with Gasteiger partial charge in [0.15, 0.2) is 0 Å². The van der Waals surface area contributed by atoms with E-state index in [0.717, 1.165) is 14.6 Å². The molecule has 1 saturated carbocycles. The van der Waals surface area contributed by atoms with Crippen molar-refractivity contribution in [2.75, 3.05) is 17.7 Å². The summed E-state index contributed by atoms with van der Waals surface area (Å²) in [5, 5.41) is 0. The van der Waals surface area contributed by atoms with Crippen LogP contribution in [-0.2, 0) is 0 Å². The summed E-state index contributed by atoms with van der Waals surface area (Å²) in [4.78, 5) is 2.38. The first kappa shape index (κ1) is 13.2. The van der Waals surface area contributed by atoms with Crippen molar-refractivity contribution in [1.82, 2.24) is 0 Å². The molecule has 0 saturated heterocycles. The Labute approximate surface area is 120 Å². The van der Waals surface area contributed by atoms with Gasteiger partial charge in [0, 0.05) is 27.7 Å². The van der Waals surface area contributed by atoms with Gasteiger partial charge in [0.2, 0.25) is 0 Å². The molecule has 0 aliphatic heterocycles. The number of benzene rings is 1. The lowest BCUT2D eigenvalue weighted by Crippen LogP contribution is -2.33. The maximum Gasteiger partial charge on any atom is 0.0656 e. The van der Waals surface area contributed by atoms with Crippen LogP contribution in [0.5, 0.6) is 0 Å². The number of rotatable bonds is 2. The molecule has 0 atom stereocenters. The maximum absolute atomic E-state index is 5.83. The summed E-state index contributed by atoms with van der Waals surface area (Å²) in [7, 11) is 2.18. The van der Waals surface area contributed by atoms with Crippen molar-refractivity contribution in [3.05, 3.63) is 21.1 Å². The van der Waals surface area contributed by atoms with Gasteiger partial charge in [-0.05, 0) is 56.8 Å². The Hall–Kier alpha value is -0.220. The van der Waals surface area contributed by atoms with Crippen molar-refractivity contribution in [3.63, 3.8) is 0 Å². The van der Waals surface area contributed by atoms with Gasteiger partial charge < -0.3 is 10.6 Å². The van der Waals surface area contributed by atoms with Crippen LogP contribution in [0, 0.1) is 0 Å². The van der Waals surface area contributed by atoms with Crippen molar-refractivity contribution in [2.45, 2.75) is 38.1 Å². The Morgan fingerprint density at radius 2 is 1.65 bits per heavy atom. The molecule has 17 heavy (non-hydrogen) atoms. The van der Waals surface area contributed by atoms with Gasteiger partial charge in [0.1, 0.15) is 0 Å². The minimum atomic E-state index is 0.653. The van der Waals surface area contributed by atoms with Gasteiger partial charge in [-0.3, -0.25) is 0 Å². The van der Waals surface area contributed by atoms with Crippen LogP contribution in [0.2, 0.25) is 0 Å². The third-order valence-corrected chi connectivity index (χ3v) is 4.72. The molecule has 94 valence electrons. The number of anilines is 2. The lowest BCUT2D eigenvalue weighted by Gasteiger charge is -2.34. The molecule has 2 nitrogen and oxygen atoms in total. The molecule has 0 heterocycles. The van der Waals surface area contributed by atoms with E-state index in [4.69, 9.17) is 5.73 Å². The van der Waals surface area contributed by atoms with Crippen molar-refractivity contribution < 1.29 is 0 Å². The second-order valence-corrected chi connectivity index (χ2v) is 6.44. The van der Waals surface area contributed by atoms with Gasteiger partial charge in [-0.1, -0.05) is 19.3 Å². The van der Waals surface area contributed by atoms with Crippen LogP contribution >= 0.6 is 31.9 Å². The molecule has 0 unspecified atom stereocenters. The Bertz CT molecular complexity index is 377.